The van der Waals surface area contributed by atoms with E-state index in [1.54, 1.807) is 18.2 Å². The highest BCUT2D eigenvalue weighted by Gasteiger charge is 2.20. The van der Waals surface area contributed by atoms with E-state index >= 15 is 0 Å². The van der Waals surface area contributed by atoms with Crippen molar-refractivity contribution in [2.75, 3.05) is 11.5 Å². The Morgan fingerprint density at radius 2 is 2.00 bits per heavy atom. The molecule has 0 aliphatic rings. The van der Waals surface area contributed by atoms with Crippen molar-refractivity contribution in [1.82, 2.24) is 0 Å². The predicted molar refractivity (Wildman–Crippen MR) is 67.4 cm³/mol. The molecule has 0 aliphatic carbocycles. The molecule has 0 radical (unpaired) electrons. The molecule has 0 aromatic heterocycles. The number of unbranched alkanes of at least 4 members (excludes halogenated alkanes) is 2. The first-order chi connectivity index (χ1) is 7.49. The molecule has 5 heteroatoms. The van der Waals surface area contributed by atoms with E-state index in [-0.39, 0.29) is 21.4 Å². The molecule has 2 N–H and O–H groups in total. The van der Waals surface area contributed by atoms with E-state index in [2.05, 4.69) is 0 Å². The fourth-order valence-corrected chi connectivity index (χ4v) is 3.61. The average molecular weight is 262 g/mol. The fourth-order valence-electron chi connectivity index (χ4n) is 1.50. The van der Waals surface area contributed by atoms with Crippen LogP contribution in [-0.2, 0) is 9.84 Å². The van der Waals surface area contributed by atoms with Gasteiger partial charge in [0.1, 0.15) is 4.90 Å². The lowest BCUT2D eigenvalue weighted by Crippen LogP contribution is -2.10. The molecule has 0 aliphatic heterocycles. The standard InChI is InChI=1S/C11H16ClNO2S/c1-2-3-4-8-16(14,15)11-9(12)6-5-7-10(11)13/h5-7H,2-4,8,13H2,1H3. The first kappa shape index (κ1) is 13.3. The molecule has 0 saturated carbocycles. The van der Waals surface area contributed by atoms with Crippen LogP contribution in [-0.4, -0.2) is 14.2 Å². The third kappa shape index (κ3) is 3.12. The van der Waals surface area contributed by atoms with Crippen LogP contribution in [0.4, 0.5) is 5.69 Å². The van der Waals surface area contributed by atoms with Crippen molar-refractivity contribution < 1.29 is 8.42 Å². The molecule has 0 fully saturated rings. The van der Waals surface area contributed by atoms with E-state index in [9.17, 15) is 8.42 Å². The molecule has 1 aromatic rings. The number of halogens is 1. The van der Waals surface area contributed by atoms with Gasteiger partial charge in [0.2, 0.25) is 0 Å². The Bertz CT molecular complexity index is 437. The van der Waals surface area contributed by atoms with Crippen LogP contribution in [0.1, 0.15) is 26.2 Å². The Balaban J connectivity index is 2.98. The van der Waals surface area contributed by atoms with E-state index in [0.29, 0.717) is 6.42 Å². The number of rotatable bonds is 5. The van der Waals surface area contributed by atoms with Crippen molar-refractivity contribution in [1.29, 1.82) is 0 Å². The van der Waals surface area contributed by atoms with Crippen molar-refractivity contribution in [2.45, 2.75) is 31.1 Å². The summed E-state index contributed by atoms with van der Waals surface area (Å²) < 4.78 is 24.0. The fraction of sp³-hybridized carbons (Fsp3) is 0.455. The third-order valence-electron chi connectivity index (χ3n) is 2.33. The molecule has 0 saturated heterocycles. The largest absolute Gasteiger partial charge is 0.398 e. The summed E-state index contributed by atoms with van der Waals surface area (Å²) in [4.78, 5) is 0.0766. The second kappa shape index (κ2) is 5.55. The zero-order valence-corrected chi connectivity index (χ0v) is 10.8. The lowest BCUT2D eigenvalue weighted by Gasteiger charge is -2.08. The molecule has 0 amide bonds. The van der Waals surface area contributed by atoms with Crippen LogP contribution in [0.2, 0.25) is 5.02 Å². The van der Waals surface area contributed by atoms with Gasteiger partial charge < -0.3 is 5.73 Å². The highest BCUT2D eigenvalue weighted by molar-refractivity contribution is 7.91. The smallest absolute Gasteiger partial charge is 0.181 e. The lowest BCUT2D eigenvalue weighted by atomic mass is 10.3. The first-order valence-corrected chi connectivity index (χ1v) is 7.29. The van der Waals surface area contributed by atoms with E-state index in [1.165, 1.54) is 0 Å². The van der Waals surface area contributed by atoms with E-state index in [0.717, 1.165) is 12.8 Å². The van der Waals surface area contributed by atoms with Gasteiger partial charge in [-0.25, -0.2) is 8.42 Å². The minimum atomic E-state index is -3.35. The second-order valence-electron chi connectivity index (χ2n) is 3.68. The number of hydrogen-bond donors (Lipinski definition) is 1. The molecule has 1 aromatic carbocycles. The summed E-state index contributed by atoms with van der Waals surface area (Å²) in [5.74, 6) is 0.106. The van der Waals surface area contributed by atoms with Gasteiger partial charge in [-0.05, 0) is 18.6 Å². The van der Waals surface area contributed by atoms with E-state index in [1.807, 2.05) is 6.92 Å². The Morgan fingerprint density at radius 1 is 1.31 bits per heavy atom. The summed E-state index contributed by atoms with van der Waals surface area (Å²) in [5.41, 5.74) is 5.87. The van der Waals surface area contributed by atoms with Crippen LogP contribution in [0.15, 0.2) is 23.1 Å². The molecular formula is C11H16ClNO2S. The molecule has 90 valence electrons. The van der Waals surface area contributed by atoms with Crippen LogP contribution >= 0.6 is 11.6 Å². The summed E-state index contributed by atoms with van der Waals surface area (Å²) in [6, 6.07) is 4.74. The number of nitrogens with two attached hydrogens (primary N) is 1. The maximum Gasteiger partial charge on any atom is 0.181 e. The Kier molecular flexibility index (Phi) is 4.62. The zero-order valence-electron chi connectivity index (χ0n) is 9.24. The van der Waals surface area contributed by atoms with Crippen LogP contribution < -0.4 is 5.73 Å². The second-order valence-corrected chi connectivity index (χ2v) is 6.14. The monoisotopic (exact) mass is 261 g/mol. The predicted octanol–water partition coefficient (Wildman–Crippen LogP) is 2.89. The molecule has 1 rings (SSSR count). The highest BCUT2D eigenvalue weighted by Crippen LogP contribution is 2.28. The molecule has 0 bridgehead atoms. The normalized spacial score (nSPS) is 11.6. The van der Waals surface area contributed by atoms with Crippen LogP contribution in [0.3, 0.4) is 0 Å². The van der Waals surface area contributed by atoms with Crippen LogP contribution in [0.25, 0.3) is 0 Å². The van der Waals surface area contributed by atoms with Crippen molar-refractivity contribution in [2.24, 2.45) is 0 Å². The molecule has 0 heterocycles. The van der Waals surface area contributed by atoms with Crippen LogP contribution in [0.5, 0.6) is 0 Å². The van der Waals surface area contributed by atoms with Gasteiger partial charge in [-0.3, -0.25) is 0 Å². The maximum absolute atomic E-state index is 12.0. The number of hydrogen-bond acceptors (Lipinski definition) is 3. The summed E-state index contributed by atoms with van der Waals surface area (Å²) in [7, 11) is -3.35. The molecular weight excluding hydrogens is 246 g/mol. The quantitative estimate of drug-likeness (QED) is 0.655. The lowest BCUT2D eigenvalue weighted by molar-refractivity contribution is 0.591. The first-order valence-electron chi connectivity index (χ1n) is 5.25. The number of benzene rings is 1. The topological polar surface area (TPSA) is 60.2 Å². The van der Waals surface area contributed by atoms with Gasteiger partial charge in [-0.1, -0.05) is 37.4 Å². The van der Waals surface area contributed by atoms with Crippen molar-refractivity contribution >= 4 is 27.1 Å². The number of sulfone groups is 1. The highest BCUT2D eigenvalue weighted by atomic mass is 35.5. The molecule has 3 nitrogen and oxygen atoms in total. The van der Waals surface area contributed by atoms with Crippen molar-refractivity contribution in [3.63, 3.8) is 0 Å². The Hall–Kier alpha value is -0.740. The number of nitrogen functional groups attached to an aromatic ring is 1. The minimum Gasteiger partial charge on any atom is -0.398 e. The molecule has 0 spiro atoms. The Labute approximate surface area is 102 Å². The van der Waals surface area contributed by atoms with Gasteiger partial charge in [0.25, 0.3) is 0 Å². The van der Waals surface area contributed by atoms with Gasteiger partial charge in [0, 0.05) is 0 Å². The van der Waals surface area contributed by atoms with Crippen molar-refractivity contribution in [3.8, 4) is 0 Å². The number of anilines is 1. The zero-order chi connectivity index (χ0) is 12.2. The van der Waals surface area contributed by atoms with Gasteiger partial charge in [-0.2, -0.15) is 0 Å². The van der Waals surface area contributed by atoms with Gasteiger partial charge in [-0.15, -0.1) is 0 Å². The third-order valence-corrected chi connectivity index (χ3v) is 4.66. The summed E-state index contributed by atoms with van der Waals surface area (Å²) in [6.07, 6.45) is 2.51. The van der Waals surface area contributed by atoms with E-state index in [4.69, 9.17) is 17.3 Å². The van der Waals surface area contributed by atoms with Gasteiger partial charge in [0.15, 0.2) is 9.84 Å². The van der Waals surface area contributed by atoms with Gasteiger partial charge in [0.05, 0.1) is 16.5 Å². The summed E-state index contributed by atoms with van der Waals surface area (Å²) in [5, 5.41) is 0.205. The molecule has 0 atom stereocenters. The summed E-state index contributed by atoms with van der Waals surface area (Å²) >= 11 is 5.87. The van der Waals surface area contributed by atoms with Crippen molar-refractivity contribution in [3.05, 3.63) is 23.2 Å². The summed E-state index contributed by atoms with van der Waals surface area (Å²) in [6.45, 7) is 2.02. The van der Waals surface area contributed by atoms with E-state index < -0.39 is 9.84 Å². The van der Waals surface area contributed by atoms with Gasteiger partial charge >= 0.3 is 0 Å². The molecule has 0 unspecified atom stereocenters. The Morgan fingerprint density at radius 3 is 2.56 bits per heavy atom. The SMILES string of the molecule is CCCCCS(=O)(=O)c1c(N)cccc1Cl. The van der Waals surface area contributed by atoms with Crippen LogP contribution in [0, 0.1) is 0 Å². The molecule has 16 heavy (non-hydrogen) atoms. The average Bonchev–Trinajstić information content (AvgIpc) is 2.17. The minimum absolute atomic E-state index is 0.0766. The maximum atomic E-state index is 12.0.